The van der Waals surface area contributed by atoms with Crippen LogP contribution in [0.1, 0.15) is 6.92 Å². The van der Waals surface area contributed by atoms with Crippen molar-refractivity contribution in [2.24, 2.45) is 0 Å². The number of hydrogen-bond donors (Lipinski definition) is 2. The largest absolute Gasteiger partial charge is 0.463 e. The summed E-state index contributed by atoms with van der Waals surface area (Å²) < 4.78 is 60.6. The van der Waals surface area contributed by atoms with Crippen LogP contribution in [0, 0.1) is 0 Å². The number of likely N-dealkylation sites (N-methyl/N-ethyl adjacent to an activating group) is 1. The molecule has 1 unspecified atom stereocenters. The predicted octanol–water partition coefficient (Wildman–Crippen LogP) is 0.613. The average Bonchev–Trinajstić information content (AvgIpc) is 2.10. The van der Waals surface area contributed by atoms with Crippen LogP contribution >= 0.6 is 0 Å². The lowest BCUT2D eigenvalue weighted by atomic mass is 10.1. The Balaban J connectivity index is 4.52. The lowest BCUT2D eigenvalue weighted by molar-refractivity contribution is -0.270. The van der Waals surface area contributed by atoms with E-state index in [0.717, 1.165) is 0 Å². The van der Waals surface area contributed by atoms with Crippen molar-refractivity contribution >= 4 is 5.91 Å². The van der Waals surface area contributed by atoms with Crippen LogP contribution in [0.4, 0.5) is 22.0 Å². The minimum absolute atomic E-state index is 0.00906. The monoisotopic (exact) mass is 278 g/mol. The number of amides is 1. The van der Waals surface area contributed by atoms with Crippen LogP contribution in [0.5, 0.6) is 0 Å². The van der Waals surface area contributed by atoms with E-state index < -0.39 is 30.2 Å². The summed E-state index contributed by atoms with van der Waals surface area (Å²) in [6.07, 6.45) is -5.95. The van der Waals surface area contributed by atoms with Crippen molar-refractivity contribution in [1.82, 2.24) is 10.2 Å². The van der Waals surface area contributed by atoms with E-state index in [-0.39, 0.29) is 6.54 Å². The van der Waals surface area contributed by atoms with Gasteiger partial charge < -0.3 is 15.3 Å². The van der Waals surface area contributed by atoms with E-state index in [0.29, 0.717) is 0 Å². The van der Waals surface area contributed by atoms with E-state index in [9.17, 15) is 31.9 Å². The summed E-state index contributed by atoms with van der Waals surface area (Å²) >= 11 is 0. The number of carbonyl (C=O) groups excluding carboxylic acids is 1. The molecule has 0 aromatic rings. The molecule has 0 rings (SSSR count). The number of alkyl halides is 5. The zero-order valence-electron chi connectivity index (χ0n) is 10.1. The number of hydrogen-bond acceptors (Lipinski definition) is 3. The Labute approximate surface area is 101 Å². The molecule has 4 nitrogen and oxygen atoms in total. The fourth-order valence-corrected chi connectivity index (χ4v) is 1.25. The maximum atomic E-state index is 12.5. The van der Waals surface area contributed by atoms with Gasteiger partial charge in [-0.15, -0.1) is 0 Å². The van der Waals surface area contributed by atoms with E-state index in [1.807, 2.05) is 0 Å². The van der Waals surface area contributed by atoms with E-state index in [2.05, 4.69) is 0 Å². The van der Waals surface area contributed by atoms with E-state index in [1.165, 1.54) is 17.1 Å². The summed E-state index contributed by atoms with van der Waals surface area (Å²) in [5.74, 6) is -7.95. The average molecular weight is 278 g/mol. The topological polar surface area (TPSA) is 52.6 Å². The number of nitrogens with one attached hydrogen (secondary N) is 1. The van der Waals surface area contributed by atoms with Gasteiger partial charge in [-0.25, -0.2) is 0 Å². The highest BCUT2D eigenvalue weighted by Gasteiger charge is 2.63. The van der Waals surface area contributed by atoms with Crippen LogP contribution in [0.15, 0.2) is 0 Å². The van der Waals surface area contributed by atoms with Crippen LogP contribution < -0.4 is 5.32 Å². The molecule has 0 aliphatic heterocycles. The lowest BCUT2D eigenvalue weighted by Gasteiger charge is -2.28. The summed E-state index contributed by atoms with van der Waals surface area (Å²) in [7, 11) is 3.14. The molecule has 1 amide bonds. The predicted molar refractivity (Wildman–Crippen MR) is 53.2 cm³/mol. The highest BCUT2D eigenvalue weighted by molar-refractivity contribution is 5.84. The second-order valence-electron chi connectivity index (χ2n) is 4.49. The van der Waals surface area contributed by atoms with Gasteiger partial charge in [0.2, 0.25) is 0 Å². The Kier molecular flexibility index (Phi) is 5.07. The summed E-state index contributed by atoms with van der Waals surface area (Å²) in [6.45, 7) is 0.486. The Morgan fingerprint density at radius 1 is 1.22 bits per heavy atom. The molecule has 1 atom stereocenters. The fourth-order valence-electron chi connectivity index (χ4n) is 1.25. The molecule has 108 valence electrons. The van der Waals surface area contributed by atoms with Crippen LogP contribution in [-0.2, 0) is 4.79 Å². The standard InChI is InChI=1S/C9H15F5N2O2/c1-7(18,5-16(2)3)4-15-6(17)8(10,11)9(12,13)14/h18H,4-5H2,1-3H3,(H,15,17). The van der Waals surface area contributed by atoms with Crippen LogP contribution in [0.2, 0.25) is 0 Å². The molecule has 0 aromatic heterocycles. The molecular formula is C9H15F5N2O2. The third-order valence-electron chi connectivity index (χ3n) is 1.93. The quantitative estimate of drug-likeness (QED) is 0.725. The molecule has 0 aromatic carbocycles. The van der Waals surface area contributed by atoms with Gasteiger partial charge in [-0.1, -0.05) is 0 Å². The van der Waals surface area contributed by atoms with Crippen molar-refractivity contribution in [3.05, 3.63) is 0 Å². The van der Waals surface area contributed by atoms with Gasteiger partial charge in [-0.2, -0.15) is 22.0 Å². The van der Waals surface area contributed by atoms with E-state index >= 15 is 0 Å². The fraction of sp³-hybridized carbons (Fsp3) is 0.889. The van der Waals surface area contributed by atoms with Crippen molar-refractivity contribution < 1.29 is 31.9 Å². The molecule has 0 saturated heterocycles. The van der Waals surface area contributed by atoms with Gasteiger partial charge in [0.05, 0.1) is 5.60 Å². The second kappa shape index (κ2) is 5.35. The normalized spacial score (nSPS) is 16.6. The number of rotatable bonds is 5. The number of carbonyl (C=O) groups is 1. The Morgan fingerprint density at radius 3 is 2.00 bits per heavy atom. The molecule has 0 aliphatic rings. The summed E-state index contributed by atoms with van der Waals surface area (Å²) in [4.78, 5) is 12.2. The summed E-state index contributed by atoms with van der Waals surface area (Å²) in [6, 6.07) is 0. The molecule has 0 fully saturated rings. The first-order chi connectivity index (χ1) is 7.79. The molecule has 9 heteroatoms. The van der Waals surface area contributed by atoms with Gasteiger partial charge in [0.15, 0.2) is 0 Å². The molecule has 2 N–H and O–H groups in total. The van der Waals surface area contributed by atoms with Crippen molar-refractivity contribution in [2.75, 3.05) is 27.2 Å². The Morgan fingerprint density at radius 2 is 1.67 bits per heavy atom. The first kappa shape index (κ1) is 17.0. The number of aliphatic hydroxyl groups is 1. The Bertz CT molecular complexity index is 302. The zero-order chi connectivity index (χ0) is 14.8. The summed E-state index contributed by atoms with van der Waals surface area (Å²) in [5, 5.41) is 11.0. The minimum atomic E-state index is -5.95. The molecule has 0 heterocycles. The molecule has 0 spiro atoms. The second-order valence-corrected chi connectivity index (χ2v) is 4.49. The van der Waals surface area contributed by atoms with Gasteiger partial charge in [0.25, 0.3) is 5.91 Å². The first-order valence-electron chi connectivity index (χ1n) is 4.89. The highest BCUT2D eigenvalue weighted by atomic mass is 19.4. The maximum absolute atomic E-state index is 12.5. The van der Waals surface area contributed by atoms with Crippen LogP contribution in [0.25, 0.3) is 0 Å². The maximum Gasteiger partial charge on any atom is 0.463 e. The SMILES string of the molecule is CN(C)CC(C)(O)CNC(=O)C(F)(F)C(F)(F)F. The van der Waals surface area contributed by atoms with Crippen molar-refractivity contribution in [3.8, 4) is 0 Å². The molecule has 0 saturated carbocycles. The summed E-state index contributed by atoms with van der Waals surface area (Å²) in [5.41, 5.74) is -1.61. The molecule has 0 bridgehead atoms. The highest BCUT2D eigenvalue weighted by Crippen LogP contribution is 2.35. The molecule has 0 aliphatic carbocycles. The van der Waals surface area contributed by atoms with Crippen molar-refractivity contribution in [2.45, 2.75) is 24.6 Å². The molecular weight excluding hydrogens is 263 g/mol. The van der Waals surface area contributed by atoms with E-state index in [1.54, 1.807) is 14.1 Å². The smallest absolute Gasteiger partial charge is 0.387 e. The van der Waals surface area contributed by atoms with Gasteiger partial charge in [0, 0.05) is 13.1 Å². The molecule has 18 heavy (non-hydrogen) atoms. The van der Waals surface area contributed by atoms with Crippen LogP contribution in [-0.4, -0.2) is 60.8 Å². The van der Waals surface area contributed by atoms with Crippen molar-refractivity contribution in [1.29, 1.82) is 0 Å². The van der Waals surface area contributed by atoms with E-state index in [4.69, 9.17) is 0 Å². The number of nitrogens with zero attached hydrogens (tertiary/aromatic N) is 1. The minimum Gasteiger partial charge on any atom is -0.387 e. The zero-order valence-corrected chi connectivity index (χ0v) is 10.1. The third-order valence-corrected chi connectivity index (χ3v) is 1.93. The van der Waals surface area contributed by atoms with Gasteiger partial charge in [-0.3, -0.25) is 4.79 Å². The van der Waals surface area contributed by atoms with Gasteiger partial charge in [0.1, 0.15) is 0 Å². The van der Waals surface area contributed by atoms with Crippen molar-refractivity contribution in [3.63, 3.8) is 0 Å². The lowest BCUT2D eigenvalue weighted by Crippen LogP contribution is -2.55. The van der Waals surface area contributed by atoms with Gasteiger partial charge in [-0.05, 0) is 21.0 Å². The third kappa shape index (κ3) is 4.73. The molecule has 0 radical (unpaired) electrons. The number of halogens is 5. The first-order valence-corrected chi connectivity index (χ1v) is 4.89. The van der Waals surface area contributed by atoms with Crippen LogP contribution in [0.3, 0.4) is 0 Å². The van der Waals surface area contributed by atoms with Gasteiger partial charge >= 0.3 is 12.1 Å². The Hall–Kier alpha value is -0.960.